The molecule has 0 bridgehead atoms. The number of fused-ring (bicyclic) bond motifs is 1. The average molecular weight is 405 g/mol. The fraction of sp³-hybridized carbons (Fsp3) is 0.391. The van der Waals surface area contributed by atoms with Crippen molar-refractivity contribution in [3.05, 3.63) is 42.9 Å². The number of carbonyl (C=O) groups excluding carboxylic acids is 1. The van der Waals surface area contributed by atoms with Crippen molar-refractivity contribution in [2.24, 2.45) is 11.8 Å². The Morgan fingerprint density at radius 3 is 2.77 bits per heavy atom. The monoisotopic (exact) mass is 404 g/mol. The summed E-state index contributed by atoms with van der Waals surface area (Å²) in [4.78, 5) is 28.1. The van der Waals surface area contributed by atoms with E-state index in [2.05, 4.69) is 34.0 Å². The number of nitrogens with two attached hydrogens (primary N) is 1. The minimum Gasteiger partial charge on any atom is -0.384 e. The van der Waals surface area contributed by atoms with E-state index in [9.17, 15) is 4.79 Å². The highest BCUT2D eigenvalue weighted by molar-refractivity contribution is 5.94. The molecule has 1 amide bonds. The minimum atomic E-state index is 0.0658. The summed E-state index contributed by atoms with van der Waals surface area (Å²) in [7, 11) is 0. The zero-order valence-electron chi connectivity index (χ0n) is 17.5. The Morgan fingerprint density at radius 1 is 1.23 bits per heavy atom. The van der Waals surface area contributed by atoms with Crippen LogP contribution in [-0.4, -0.2) is 40.5 Å². The number of nitrogens with zero attached hydrogens (tertiary/aromatic N) is 4. The van der Waals surface area contributed by atoms with Gasteiger partial charge >= 0.3 is 0 Å². The Morgan fingerprint density at radius 2 is 2.03 bits per heavy atom. The number of nitrogen functional groups attached to an aromatic ring is 1. The van der Waals surface area contributed by atoms with Crippen LogP contribution in [0.15, 0.2) is 42.9 Å². The molecule has 1 aliphatic rings. The minimum absolute atomic E-state index is 0.0658. The van der Waals surface area contributed by atoms with Gasteiger partial charge in [0, 0.05) is 60.5 Å². The summed E-state index contributed by atoms with van der Waals surface area (Å²) in [5, 5.41) is 5.17. The molecule has 4 heterocycles. The van der Waals surface area contributed by atoms with Crippen LogP contribution < -0.4 is 16.0 Å². The molecule has 3 aromatic heterocycles. The van der Waals surface area contributed by atoms with Crippen molar-refractivity contribution in [3.8, 4) is 11.3 Å². The van der Waals surface area contributed by atoms with Gasteiger partial charge in [0.25, 0.3) is 0 Å². The molecule has 3 aromatic rings. The zero-order valence-corrected chi connectivity index (χ0v) is 17.5. The van der Waals surface area contributed by atoms with E-state index in [1.165, 1.54) is 0 Å². The van der Waals surface area contributed by atoms with Crippen molar-refractivity contribution in [1.82, 2.24) is 20.3 Å². The summed E-state index contributed by atoms with van der Waals surface area (Å²) in [6, 6.07) is 7.78. The number of piperidine rings is 1. The lowest BCUT2D eigenvalue weighted by molar-refractivity contribution is -0.125. The van der Waals surface area contributed by atoms with Gasteiger partial charge in [-0.1, -0.05) is 13.8 Å². The number of rotatable bonds is 5. The van der Waals surface area contributed by atoms with E-state index in [-0.39, 0.29) is 11.8 Å². The lowest BCUT2D eigenvalue weighted by Gasteiger charge is -2.33. The normalized spacial score (nSPS) is 15.0. The number of hydrogen-bond acceptors (Lipinski definition) is 6. The standard InChI is InChI=1S/C23H28N6O/c1-15(2)13-27-23(30)16-5-9-29(10-6-16)22-19-4-7-25-14-18(19)11-20(28-22)17-3-8-26-21(24)12-17/h3-4,7-8,11-12,14-16H,5-6,9-10,13H2,1-2H3,(H2,24,26)(H,27,30). The molecule has 1 saturated heterocycles. The van der Waals surface area contributed by atoms with Gasteiger partial charge in [-0.25, -0.2) is 9.97 Å². The van der Waals surface area contributed by atoms with Crippen LogP contribution in [-0.2, 0) is 4.79 Å². The highest BCUT2D eigenvalue weighted by Crippen LogP contribution is 2.32. The summed E-state index contributed by atoms with van der Waals surface area (Å²) in [5.41, 5.74) is 7.65. The van der Waals surface area contributed by atoms with Crippen molar-refractivity contribution in [3.63, 3.8) is 0 Å². The molecular weight excluding hydrogens is 376 g/mol. The molecule has 1 fully saturated rings. The highest BCUT2D eigenvalue weighted by atomic mass is 16.1. The van der Waals surface area contributed by atoms with Gasteiger partial charge in [-0.15, -0.1) is 0 Å². The molecule has 1 aliphatic heterocycles. The first-order chi connectivity index (χ1) is 14.5. The molecular formula is C23H28N6O. The molecule has 0 aromatic carbocycles. The number of aromatic nitrogens is 3. The summed E-state index contributed by atoms with van der Waals surface area (Å²) < 4.78 is 0. The van der Waals surface area contributed by atoms with Crippen molar-refractivity contribution >= 4 is 28.3 Å². The van der Waals surface area contributed by atoms with Crippen LogP contribution >= 0.6 is 0 Å². The Labute approximate surface area is 176 Å². The van der Waals surface area contributed by atoms with E-state index in [1.54, 1.807) is 12.4 Å². The van der Waals surface area contributed by atoms with Crippen LogP contribution in [0.2, 0.25) is 0 Å². The average Bonchev–Trinajstić information content (AvgIpc) is 2.77. The lowest BCUT2D eigenvalue weighted by Crippen LogP contribution is -2.41. The van der Waals surface area contributed by atoms with Gasteiger partial charge in [0.1, 0.15) is 11.6 Å². The molecule has 3 N–H and O–H groups in total. The fourth-order valence-corrected chi connectivity index (χ4v) is 3.88. The van der Waals surface area contributed by atoms with Gasteiger partial charge in [-0.2, -0.15) is 0 Å². The maximum Gasteiger partial charge on any atom is 0.223 e. The Hall–Kier alpha value is -3.22. The molecule has 0 spiro atoms. The van der Waals surface area contributed by atoms with Crippen molar-refractivity contribution in [2.45, 2.75) is 26.7 Å². The van der Waals surface area contributed by atoms with Crippen LogP contribution in [0.25, 0.3) is 22.0 Å². The number of carbonyl (C=O) groups is 1. The van der Waals surface area contributed by atoms with Gasteiger partial charge in [-0.3, -0.25) is 9.78 Å². The Balaban J connectivity index is 1.59. The highest BCUT2D eigenvalue weighted by Gasteiger charge is 2.26. The fourth-order valence-electron chi connectivity index (χ4n) is 3.88. The molecule has 7 heteroatoms. The number of pyridine rings is 3. The van der Waals surface area contributed by atoms with E-state index >= 15 is 0 Å². The molecule has 0 radical (unpaired) electrons. The number of nitrogens with one attached hydrogen (secondary N) is 1. The van der Waals surface area contributed by atoms with E-state index in [4.69, 9.17) is 10.7 Å². The zero-order chi connectivity index (χ0) is 21.1. The van der Waals surface area contributed by atoms with Crippen LogP contribution in [0, 0.1) is 11.8 Å². The van der Waals surface area contributed by atoms with Crippen molar-refractivity contribution in [1.29, 1.82) is 0 Å². The topological polar surface area (TPSA) is 97.0 Å². The predicted octanol–water partition coefficient (Wildman–Crippen LogP) is 3.26. The second-order valence-electron chi connectivity index (χ2n) is 8.30. The lowest BCUT2D eigenvalue weighted by atomic mass is 9.95. The Bertz CT molecular complexity index is 1040. The van der Waals surface area contributed by atoms with Gasteiger partial charge in [0.2, 0.25) is 5.91 Å². The molecule has 0 atom stereocenters. The maximum atomic E-state index is 12.5. The summed E-state index contributed by atoms with van der Waals surface area (Å²) in [5.74, 6) is 2.10. The second kappa shape index (κ2) is 8.65. The smallest absolute Gasteiger partial charge is 0.223 e. The Kier molecular flexibility index (Phi) is 5.79. The number of anilines is 2. The van der Waals surface area contributed by atoms with Crippen LogP contribution in [0.5, 0.6) is 0 Å². The maximum absolute atomic E-state index is 12.5. The number of hydrogen-bond donors (Lipinski definition) is 2. The quantitative estimate of drug-likeness (QED) is 0.677. The molecule has 156 valence electrons. The van der Waals surface area contributed by atoms with Gasteiger partial charge in [-0.05, 0) is 43.0 Å². The van der Waals surface area contributed by atoms with Crippen LogP contribution in [0.3, 0.4) is 0 Å². The van der Waals surface area contributed by atoms with Crippen molar-refractivity contribution < 1.29 is 4.79 Å². The van der Waals surface area contributed by atoms with E-state index in [0.717, 1.165) is 60.3 Å². The third-order valence-corrected chi connectivity index (χ3v) is 5.54. The third-order valence-electron chi connectivity index (χ3n) is 5.54. The van der Waals surface area contributed by atoms with E-state index in [0.29, 0.717) is 11.7 Å². The molecule has 30 heavy (non-hydrogen) atoms. The molecule has 0 aliphatic carbocycles. The molecule has 4 rings (SSSR count). The van der Waals surface area contributed by atoms with E-state index < -0.39 is 0 Å². The molecule has 0 unspecified atom stereocenters. The summed E-state index contributed by atoms with van der Waals surface area (Å²) >= 11 is 0. The molecule has 0 saturated carbocycles. The largest absolute Gasteiger partial charge is 0.384 e. The summed E-state index contributed by atoms with van der Waals surface area (Å²) in [6.45, 7) is 6.55. The van der Waals surface area contributed by atoms with Gasteiger partial charge in [0.15, 0.2) is 0 Å². The predicted molar refractivity (Wildman–Crippen MR) is 120 cm³/mol. The summed E-state index contributed by atoms with van der Waals surface area (Å²) in [6.07, 6.45) is 7.00. The van der Waals surface area contributed by atoms with Gasteiger partial charge < -0.3 is 16.0 Å². The van der Waals surface area contributed by atoms with Crippen molar-refractivity contribution in [2.75, 3.05) is 30.3 Å². The van der Waals surface area contributed by atoms with Crippen LogP contribution in [0.1, 0.15) is 26.7 Å². The van der Waals surface area contributed by atoms with E-state index in [1.807, 2.05) is 30.5 Å². The SMILES string of the molecule is CC(C)CNC(=O)C1CCN(c2nc(-c3ccnc(N)c3)cc3cnccc23)CC1. The van der Waals surface area contributed by atoms with Gasteiger partial charge in [0.05, 0.1) is 5.69 Å². The number of amides is 1. The van der Waals surface area contributed by atoms with Crippen LogP contribution in [0.4, 0.5) is 11.6 Å². The first-order valence-electron chi connectivity index (χ1n) is 10.5. The first kappa shape index (κ1) is 20.1. The third kappa shape index (κ3) is 4.35. The molecule has 7 nitrogen and oxygen atoms in total. The second-order valence-corrected chi connectivity index (χ2v) is 8.30. The first-order valence-corrected chi connectivity index (χ1v) is 10.5.